The van der Waals surface area contributed by atoms with Crippen molar-refractivity contribution in [3.8, 4) is 0 Å². The quantitative estimate of drug-likeness (QED) is 0.520. The van der Waals surface area contributed by atoms with E-state index in [1.165, 1.54) is 57.8 Å². The number of nitrogens with two attached hydrogens (primary N) is 1. The standard InChI is InChI=1S/C13H29NO/c1-2-3-4-5-6-7-8-9-10-11-13(14)12-15/h13,15H,2-12,14H2,1H3. The molecular weight excluding hydrogens is 186 g/mol. The SMILES string of the molecule is CCCCCCCCCCCC(N)CO. The normalized spacial score (nSPS) is 13.0. The van der Waals surface area contributed by atoms with Gasteiger partial charge in [0, 0.05) is 6.04 Å². The van der Waals surface area contributed by atoms with Crippen molar-refractivity contribution in [2.75, 3.05) is 6.61 Å². The zero-order valence-corrected chi connectivity index (χ0v) is 10.4. The minimum absolute atomic E-state index is 0.00885. The average Bonchev–Trinajstić information content (AvgIpc) is 2.26. The van der Waals surface area contributed by atoms with E-state index in [9.17, 15) is 0 Å². The molecule has 3 N–H and O–H groups in total. The molecule has 0 saturated carbocycles. The lowest BCUT2D eigenvalue weighted by Gasteiger charge is -2.06. The lowest BCUT2D eigenvalue weighted by Crippen LogP contribution is -2.23. The topological polar surface area (TPSA) is 46.2 Å². The van der Waals surface area contributed by atoms with Crippen LogP contribution in [0.5, 0.6) is 0 Å². The Morgan fingerprint density at radius 1 is 0.867 bits per heavy atom. The first-order valence-corrected chi connectivity index (χ1v) is 6.67. The number of hydrogen-bond acceptors (Lipinski definition) is 2. The van der Waals surface area contributed by atoms with Gasteiger partial charge in [-0.1, -0.05) is 64.7 Å². The molecule has 0 saturated heterocycles. The van der Waals surface area contributed by atoms with Gasteiger partial charge in [0.15, 0.2) is 0 Å². The van der Waals surface area contributed by atoms with Crippen molar-refractivity contribution in [1.82, 2.24) is 0 Å². The number of aliphatic hydroxyl groups is 1. The maximum atomic E-state index is 8.73. The third-order valence-electron chi connectivity index (χ3n) is 2.91. The lowest BCUT2D eigenvalue weighted by atomic mass is 10.0. The Morgan fingerprint density at radius 2 is 1.33 bits per heavy atom. The van der Waals surface area contributed by atoms with E-state index in [2.05, 4.69) is 6.92 Å². The monoisotopic (exact) mass is 215 g/mol. The van der Waals surface area contributed by atoms with Gasteiger partial charge in [0.1, 0.15) is 0 Å². The van der Waals surface area contributed by atoms with E-state index in [1.807, 2.05) is 0 Å². The summed E-state index contributed by atoms with van der Waals surface area (Å²) < 4.78 is 0. The summed E-state index contributed by atoms with van der Waals surface area (Å²) in [7, 11) is 0. The molecule has 0 radical (unpaired) electrons. The van der Waals surface area contributed by atoms with Crippen LogP contribution in [0.4, 0.5) is 0 Å². The van der Waals surface area contributed by atoms with Crippen LogP contribution in [0.2, 0.25) is 0 Å². The summed E-state index contributed by atoms with van der Waals surface area (Å²) in [5.74, 6) is 0. The lowest BCUT2D eigenvalue weighted by molar-refractivity contribution is 0.257. The Balaban J connectivity index is 2.92. The van der Waals surface area contributed by atoms with Gasteiger partial charge >= 0.3 is 0 Å². The van der Waals surface area contributed by atoms with Crippen LogP contribution < -0.4 is 5.73 Å². The summed E-state index contributed by atoms with van der Waals surface area (Å²) in [5.41, 5.74) is 5.62. The summed E-state index contributed by atoms with van der Waals surface area (Å²) in [5, 5.41) is 8.73. The van der Waals surface area contributed by atoms with Crippen molar-refractivity contribution in [2.45, 2.75) is 77.2 Å². The molecule has 0 bridgehead atoms. The first-order valence-electron chi connectivity index (χ1n) is 6.67. The van der Waals surface area contributed by atoms with Crippen molar-refractivity contribution in [1.29, 1.82) is 0 Å². The number of hydrogen-bond donors (Lipinski definition) is 2. The highest BCUT2D eigenvalue weighted by Gasteiger charge is 1.99. The predicted molar refractivity (Wildman–Crippen MR) is 66.9 cm³/mol. The van der Waals surface area contributed by atoms with Crippen LogP contribution in [0.15, 0.2) is 0 Å². The van der Waals surface area contributed by atoms with Gasteiger partial charge in [-0.25, -0.2) is 0 Å². The van der Waals surface area contributed by atoms with E-state index in [1.54, 1.807) is 0 Å². The van der Waals surface area contributed by atoms with Crippen LogP contribution in [-0.2, 0) is 0 Å². The molecule has 0 aromatic carbocycles. The molecule has 0 fully saturated rings. The molecule has 0 rings (SSSR count). The van der Waals surface area contributed by atoms with Crippen LogP contribution in [0, 0.1) is 0 Å². The molecular formula is C13H29NO. The van der Waals surface area contributed by atoms with Gasteiger partial charge in [0.25, 0.3) is 0 Å². The van der Waals surface area contributed by atoms with Crippen molar-refractivity contribution < 1.29 is 5.11 Å². The molecule has 1 atom stereocenters. The first kappa shape index (κ1) is 14.9. The van der Waals surface area contributed by atoms with Gasteiger partial charge in [0.2, 0.25) is 0 Å². The molecule has 0 aliphatic rings. The fourth-order valence-electron chi connectivity index (χ4n) is 1.81. The van der Waals surface area contributed by atoms with E-state index in [0.717, 1.165) is 6.42 Å². The van der Waals surface area contributed by atoms with E-state index in [4.69, 9.17) is 10.8 Å². The molecule has 0 heterocycles. The number of aliphatic hydroxyl groups excluding tert-OH is 1. The molecule has 1 unspecified atom stereocenters. The molecule has 0 amide bonds. The van der Waals surface area contributed by atoms with Crippen molar-refractivity contribution in [3.63, 3.8) is 0 Å². The molecule has 0 aromatic rings. The molecule has 15 heavy (non-hydrogen) atoms. The summed E-state index contributed by atoms with van der Waals surface area (Å²) in [4.78, 5) is 0. The van der Waals surface area contributed by atoms with Crippen molar-refractivity contribution in [3.05, 3.63) is 0 Å². The Bertz CT molecular complexity index is 117. The second kappa shape index (κ2) is 12.0. The van der Waals surface area contributed by atoms with Gasteiger partial charge < -0.3 is 10.8 Å². The molecule has 0 aliphatic carbocycles. The molecule has 92 valence electrons. The van der Waals surface area contributed by atoms with Crippen LogP contribution in [0.1, 0.15) is 71.1 Å². The molecule has 0 spiro atoms. The fourth-order valence-corrected chi connectivity index (χ4v) is 1.81. The van der Waals surface area contributed by atoms with E-state index < -0.39 is 0 Å². The second-order valence-electron chi connectivity index (χ2n) is 4.56. The maximum absolute atomic E-state index is 8.73. The van der Waals surface area contributed by atoms with Crippen LogP contribution in [-0.4, -0.2) is 17.8 Å². The third kappa shape index (κ3) is 11.8. The van der Waals surface area contributed by atoms with Gasteiger partial charge in [0.05, 0.1) is 6.61 Å². The van der Waals surface area contributed by atoms with Gasteiger partial charge in [-0.05, 0) is 6.42 Å². The van der Waals surface area contributed by atoms with E-state index >= 15 is 0 Å². The van der Waals surface area contributed by atoms with Gasteiger partial charge in [-0.2, -0.15) is 0 Å². The summed E-state index contributed by atoms with van der Waals surface area (Å²) in [6.07, 6.45) is 13.1. The molecule has 2 heteroatoms. The Labute approximate surface area is 95.3 Å². The number of rotatable bonds is 11. The number of unbranched alkanes of at least 4 members (excludes halogenated alkanes) is 8. The zero-order chi connectivity index (χ0) is 11.4. The van der Waals surface area contributed by atoms with Crippen LogP contribution in [0.3, 0.4) is 0 Å². The van der Waals surface area contributed by atoms with Crippen molar-refractivity contribution >= 4 is 0 Å². The first-order chi connectivity index (χ1) is 7.31. The Hall–Kier alpha value is -0.0800. The summed E-state index contributed by atoms with van der Waals surface area (Å²) >= 11 is 0. The average molecular weight is 215 g/mol. The highest BCUT2D eigenvalue weighted by molar-refractivity contribution is 4.58. The fraction of sp³-hybridized carbons (Fsp3) is 1.00. The zero-order valence-electron chi connectivity index (χ0n) is 10.4. The smallest absolute Gasteiger partial charge is 0.0582 e. The second-order valence-corrected chi connectivity index (χ2v) is 4.56. The maximum Gasteiger partial charge on any atom is 0.0582 e. The molecule has 0 aliphatic heterocycles. The summed E-state index contributed by atoms with van der Waals surface area (Å²) in [6, 6.07) is 0.00885. The van der Waals surface area contributed by atoms with E-state index in [-0.39, 0.29) is 12.6 Å². The van der Waals surface area contributed by atoms with E-state index in [0.29, 0.717) is 0 Å². The molecule has 0 aromatic heterocycles. The van der Waals surface area contributed by atoms with Crippen LogP contribution >= 0.6 is 0 Å². The highest BCUT2D eigenvalue weighted by Crippen LogP contribution is 2.10. The summed E-state index contributed by atoms with van der Waals surface area (Å²) in [6.45, 7) is 2.39. The van der Waals surface area contributed by atoms with Crippen LogP contribution in [0.25, 0.3) is 0 Å². The minimum atomic E-state index is 0.00885. The third-order valence-corrected chi connectivity index (χ3v) is 2.91. The van der Waals surface area contributed by atoms with Crippen molar-refractivity contribution in [2.24, 2.45) is 5.73 Å². The highest BCUT2D eigenvalue weighted by atomic mass is 16.3. The molecule has 2 nitrogen and oxygen atoms in total. The Morgan fingerprint density at radius 3 is 1.80 bits per heavy atom. The minimum Gasteiger partial charge on any atom is -0.395 e. The van der Waals surface area contributed by atoms with Gasteiger partial charge in [-0.15, -0.1) is 0 Å². The largest absolute Gasteiger partial charge is 0.395 e. The van der Waals surface area contributed by atoms with Gasteiger partial charge in [-0.3, -0.25) is 0 Å². The Kier molecular flexibility index (Phi) is 11.9. The predicted octanol–water partition coefficient (Wildman–Crippen LogP) is 3.23.